The van der Waals surface area contributed by atoms with E-state index in [1.165, 1.54) is 24.3 Å². The Bertz CT molecular complexity index is 1010. The van der Waals surface area contributed by atoms with Gasteiger partial charge in [0.2, 0.25) is 0 Å². The Morgan fingerprint density at radius 3 is 1.63 bits per heavy atom. The fourth-order valence-corrected chi connectivity index (χ4v) is 3.97. The van der Waals surface area contributed by atoms with Crippen LogP contribution in [-0.2, 0) is 26.1 Å². The summed E-state index contributed by atoms with van der Waals surface area (Å²) in [7, 11) is -0.906. The van der Waals surface area contributed by atoms with Crippen LogP contribution in [0.3, 0.4) is 0 Å². The van der Waals surface area contributed by atoms with E-state index in [-0.39, 0.29) is 11.1 Å². The lowest BCUT2D eigenvalue weighted by molar-refractivity contribution is -0.275. The first-order valence-corrected chi connectivity index (χ1v) is 11.1. The van der Waals surface area contributed by atoms with Gasteiger partial charge in [-0.1, -0.05) is 24.3 Å². The highest BCUT2D eigenvalue weighted by molar-refractivity contribution is 7.84. The molecule has 0 aliphatic heterocycles. The predicted molar refractivity (Wildman–Crippen MR) is 115 cm³/mol. The molecule has 0 aliphatic carbocycles. The molecule has 0 spiro atoms. The van der Waals surface area contributed by atoms with Crippen LogP contribution in [-0.4, -0.2) is 34.8 Å². The number of rotatable bonds is 8. The van der Waals surface area contributed by atoms with Crippen LogP contribution in [0, 0.1) is 0 Å². The molecule has 1 atom stereocenters. The average molecular weight is 527 g/mol. The molecule has 0 saturated heterocycles. The molecule has 0 fully saturated rings. The summed E-state index contributed by atoms with van der Waals surface area (Å²) in [6, 6.07) is 8.92. The SMILES string of the molecule is COC(=O)CC(N[S@@](=O)C(C)(C)C)(c1cccc(OC(F)(F)F)c1)c1cccc(OC(F)(F)F)c1. The summed E-state index contributed by atoms with van der Waals surface area (Å²) >= 11 is 0. The summed E-state index contributed by atoms with van der Waals surface area (Å²) in [5.41, 5.74) is -2.00. The van der Waals surface area contributed by atoms with E-state index in [1.54, 1.807) is 20.8 Å². The third-order valence-electron chi connectivity index (χ3n) is 4.58. The second-order valence-electron chi connectivity index (χ2n) is 8.29. The van der Waals surface area contributed by atoms with Gasteiger partial charge in [-0.3, -0.25) is 4.79 Å². The second kappa shape index (κ2) is 10.4. The van der Waals surface area contributed by atoms with E-state index in [9.17, 15) is 35.3 Å². The standard InChI is InChI=1S/C22H23F6NO5S/c1-19(2,3)35(31)29-20(13-18(30)32-4,14-7-5-9-16(11-14)33-21(23,24)25)15-8-6-10-17(12-15)34-22(26,27)28/h5-12,29H,13H2,1-4H3/t35-/m0/s1. The molecule has 0 radical (unpaired) electrons. The summed E-state index contributed by atoms with van der Waals surface area (Å²) in [6.45, 7) is 4.77. The molecule has 2 aromatic carbocycles. The monoisotopic (exact) mass is 527 g/mol. The first-order chi connectivity index (χ1) is 15.9. The average Bonchev–Trinajstić information content (AvgIpc) is 2.70. The number of carbonyl (C=O) groups excluding carboxylic acids is 1. The van der Waals surface area contributed by atoms with Gasteiger partial charge in [0.05, 0.1) is 34.8 Å². The Balaban J connectivity index is 2.81. The fraction of sp³-hybridized carbons (Fsp3) is 0.409. The maximum Gasteiger partial charge on any atom is 0.573 e. The van der Waals surface area contributed by atoms with Crippen molar-refractivity contribution in [2.45, 2.75) is 50.2 Å². The van der Waals surface area contributed by atoms with Gasteiger partial charge >= 0.3 is 18.7 Å². The van der Waals surface area contributed by atoms with Crippen LogP contribution >= 0.6 is 0 Å². The predicted octanol–water partition coefficient (Wildman–Crippen LogP) is 5.34. The number of halogens is 6. The van der Waals surface area contributed by atoms with Crippen molar-refractivity contribution in [3.05, 3.63) is 59.7 Å². The highest BCUT2D eigenvalue weighted by atomic mass is 32.2. The highest BCUT2D eigenvalue weighted by Gasteiger charge is 2.42. The van der Waals surface area contributed by atoms with E-state index in [2.05, 4.69) is 14.2 Å². The second-order valence-corrected chi connectivity index (χ2v) is 10.3. The molecule has 35 heavy (non-hydrogen) atoms. The zero-order chi connectivity index (χ0) is 26.7. The minimum atomic E-state index is -5.04. The zero-order valence-corrected chi connectivity index (χ0v) is 19.9. The summed E-state index contributed by atoms with van der Waals surface area (Å²) in [5.74, 6) is -2.20. The fourth-order valence-electron chi connectivity index (χ4n) is 3.04. The van der Waals surface area contributed by atoms with Crippen molar-refractivity contribution in [2.75, 3.05) is 7.11 Å². The van der Waals surface area contributed by atoms with Crippen molar-refractivity contribution < 1.29 is 49.6 Å². The van der Waals surface area contributed by atoms with Gasteiger partial charge < -0.3 is 14.2 Å². The number of methoxy groups -OCH3 is 1. The van der Waals surface area contributed by atoms with E-state index in [0.29, 0.717) is 0 Å². The van der Waals surface area contributed by atoms with Gasteiger partial charge in [0.1, 0.15) is 11.5 Å². The molecule has 194 valence electrons. The minimum Gasteiger partial charge on any atom is -0.469 e. The van der Waals surface area contributed by atoms with Crippen molar-refractivity contribution >= 4 is 17.0 Å². The summed E-state index contributed by atoms with van der Waals surface area (Å²) in [6.07, 6.45) is -10.7. The number of ether oxygens (including phenoxy) is 3. The summed E-state index contributed by atoms with van der Waals surface area (Å²) < 4.78 is 105. The number of benzene rings is 2. The summed E-state index contributed by atoms with van der Waals surface area (Å²) in [5, 5.41) is 0. The molecule has 2 aromatic rings. The third kappa shape index (κ3) is 8.13. The molecule has 0 bridgehead atoms. The van der Waals surface area contributed by atoms with Gasteiger partial charge in [-0.2, -0.15) is 0 Å². The first-order valence-electron chi connectivity index (χ1n) is 9.94. The van der Waals surface area contributed by atoms with Crippen LogP contribution in [0.4, 0.5) is 26.3 Å². The van der Waals surface area contributed by atoms with Crippen LogP contribution in [0.5, 0.6) is 11.5 Å². The Morgan fingerprint density at radius 2 is 1.29 bits per heavy atom. The maximum absolute atomic E-state index is 13.1. The minimum absolute atomic E-state index is 0.0496. The van der Waals surface area contributed by atoms with Gasteiger partial charge in [0.25, 0.3) is 0 Å². The molecule has 0 saturated carbocycles. The lowest BCUT2D eigenvalue weighted by atomic mass is 9.80. The Labute approximate surface area is 200 Å². The van der Waals surface area contributed by atoms with Crippen LogP contribution < -0.4 is 14.2 Å². The van der Waals surface area contributed by atoms with Gasteiger partial charge in [-0.05, 0) is 56.2 Å². The van der Waals surface area contributed by atoms with E-state index < -0.39 is 57.9 Å². The molecular formula is C22H23F6NO5S. The first kappa shape index (κ1) is 28.4. The molecule has 0 unspecified atom stereocenters. The van der Waals surface area contributed by atoms with Gasteiger partial charge in [-0.25, -0.2) is 8.93 Å². The van der Waals surface area contributed by atoms with Gasteiger partial charge in [-0.15, -0.1) is 26.3 Å². The number of hydrogen-bond donors (Lipinski definition) is 1. The molecule has 0 amide bonds. The third-order valence-corrected chi connectivity index (χ3v) is 6.23. The van der Waals surface area contributed by atoms with E-state index in [4.69, 9.17) is 4.74 Å². The number of nitrogens with one attached hydrogen (secondary N) is 1. The number of alkyl halides is 6. The Hall–Kier alpha value is -2.80. The van der Waals surface area contributed by atoms with Crippen LogP contribution in [0.15, 0.2) is 48.5 Å². The topological polar surface area (TPSA) is 73.9 Å². The van der Waals surface area contributed by atoms with Crippen molar-refractivity contribution in [1.82, 2.24) is 4.72 Å². The number of esters is 1. The molecular weight excluding hydrogens is 504 g/mol. The summed E-state index contributed by atoms with van der Waals surface area (Å²) in [4.78, 5) is 12.4. The van der Waals surface area contributed by atoms with Crippen LogP contribution in [0.25, 0.3) is 0 Å². The van der Waals surface area contributed by atoms with Crippen molar-refractivity contribution in [3.63, 3.8) is 0 Å². The lowest BCUT2D eigenvalue weighted by Gasteiger charge is -2.37. The van der Waals surface area contributed by atoms with E-state index >= 15 is 0 Å². The smallest absolute Gasteiger partial charge is 0.469 e. The van der Waals surface area contributed by atoms with Crippen molar-refractivity contribution in [2.24, 2.45) is 0 Å². The highest BCUT2D eigenvalue weighted by Crippen LogP contribution is 2.39. The van der Waals surface area contributed by atoms with Crippen molar-refractivity contribution in [3.8, 4) is 11.5 Å². The maximum atomic E-state index is 13.1. The molecule has 2 rings (SSSR count). The number of carbonyl (C=O) groups is 1. The molecule has 0 aromatic heterocycles. The molecule has 6 nitrogen and oxygen atoms in total. The zero-order valence-electron chi connectivity index (χ0n) is 19.0. The largest absolute Gasteiger partial charge is 0.573 e. The van der Waals surface area contributed by atoms with E-state index in [0.717, 1.165) is 31.4 Å². The van der Waals surface area contributed by atoms with Crippen LogP contribution in [0.1, 0.15) is 38.3 Å². The molecule has 13 heteroatoms. The van der Waals surface area contributed by atoms with Crippen molar-refractivity contribution in [1.29, 1.82) is 0 Å². The molecule has 0 heterocycles. The Kier molecular flexibility index (Phi) is 8.48. The van der Waals surface area contributed by atoms with E-state index in [1.807, 2.05) is 0 Å². The Morgan fingerprint density at radius 1 is 0.857 bits per heavy atom. The van der Waals surface area contributed by atoms with Gasteiger partial charge in [0, 0.05) is 0 Å². The molecule has 1 N–H and O–H groups in total. The van der Waals surface area contributed by atoms with Gasteiger partial charge in [0.15, 0.2) is 0 Å². The van der Waals surface area contributed by atoms with Crippen LogP contribution in [0.2, 0.25) is 0 Å². The lowest BCUT2D eigenvalue weighted by Crippen LogP contribution is -2.50. The number of hydrogen-bond acceptors (Lipinski definition) is 5. The quantitative estimate of drug-likeness (QED) is 0.371. The normalized spacial score (nSPS) is 13.8. The molecule has 0 aliphatic rings.